The number of hydrogen-bond acceptors (Lipinski definition) is 7. The van der Waals surface area contributed by atoms with E-state index in [0.717, 1.165) is 45.0 Å². The maximum Gasteiger partial charge on any atom is 0.229 e. The van der Waals surface area contributed by atoms with Gasteiger partial charge in [0.05, 0.1) is 15.4 Å². The fourth-order valence-corrected chi connectivity index (χ4v) is 5.31. The molecule has 0 saturated carbocycles. The van der Waals surface area contributed by atoms with Gasteiger partial charge in [0, 0.05) is 81.2 Å². The molecular weight excluding hydrogens is 521 g/mol. The Hall–Kier alpha value is -3.17. The molecule has 8 nitrogen and oxygen atoms in total. The lowest BCUT2D eigenvalue weighted by molar-refractivity contribution is 0.229. The molecule has 1 aliphatic heterocycles. The first-order valence-electron chi connectivity index (χ1n) is 12.6. The van der Waals surface area contributed by atoms with Gasteiger partial charge >= 0.3 is 0 Å². The van der Waals surface area contributed by atoms with Gasteiger partial charge in [0.1, 0.15) is 5.65 Å². The molecule has 1 aliphatic rings. The van der Waals surface area contributed by atoms with Crippen LogP contribution in [0.2, 0.25) is 10.0 Å². The quantitative estimate of drug-likeness (QED) is 0.356. The summed E-state index contributed by atoms with van der Waals surface area (Å²) >= 11 is 12.7. The topological polar surface area (TPSA) is 69.5 Å². The average molecular weight is 553 g/mol. The highest BCUT2D eigenvalue weighted by atomic mass is 35.5. The predicted molar refractivity (Wildman–Crippen MR) is 157 cm³/mol. The summed E-state index contributed by atoms with van der Waals surface area (Å²) in [6, 6.07) is 13.5. The predicted octanol–water partition coefficient (Wildman–Crippen LogP) is 4.73. The van der Waals surface area contributed by atoms with E-state index < -0.39 is 0 Å². The smallest absolute Gasteiger partial charge is 0.229 e. The number of nitrogens with zero attached hydrogens (tertiary/aromatic N) is 6. The van der Waals surface area contributed by atoms with E-state index >= 15 is 0 Å². The number of hydrogen-bond donors (Lipinski definition) is 1. The summed E-state index contributed by atoms with van der Waals surface area (Å²) in [6.07, 6.45) is 3.26. The van der Waals surface area contributed by atoms with Crippen molar-refractivity contribution in [1.29, 1.82) is 0 Å². The minimum absolute atomic E-state index is 0.217. The van der Waals surface area contributed by atoms with E-state index in [0.29, 0.717) is 38.2 Å². The normalized spacial score (nSPS) is 14.4. The van der Waals surface area contributed by atoms with Gasteiger partial charge in [-0.2, -0.15) is 4.98 Å². The second kappa shape index (κ2) is 11.3. The SMILES string of the molecule is CN(C)CCN1CCN(c2ccc(Nc3ncc4c(=O)c(-c5c(Cl)cccc5Cl)cn(C)c4n3)cc2)CC1. The standard InChI is InChI=1S/C28H31Cl2N7O/c1-34(2)11-12-36-13-15-37(16-14-36)20-9-7-19(8-10-20)32-28-31-17-21-26(38)22(18-35(3)27(21)33-28)25-23(29)5-4-6-24(25)30/h4-10,17-18H,11-16H2,1-3H3,(H,31,32,33). The van der Waals surface area contributed by atoms with Gasteiger partial charge in [0.25, 0.3) is 0 Å². The van der Waals surface area contributed by atoms with Gasteiger partial charge in [0.2, 0.25) is 11.4 Å². The Morgan fingerprint density at radius 2 is 1.68 bits per heavy atom. The molecule has 0 atom stereocenters. The molecule has 2 aromatic heterocycles. The Kier molecular flexibility index (Phi) is 7.85. The first-order valence-corrected chi connectivity index (χ1v) is 13.4. The number of likely N-dealkylation sites (N-methyl/N-ethyl adjacent to an activating group) is 1. The molecule has 0 amide bonds. The second-order valence-electron chi connectivity index (χ2n) is 9.81. The van der Waals surface area contributed by atoms with E-state index in [2.05, 4.69) is 56.2 Å². The van der Waals surface area contributed by atoms with Gasteiger partial charge < -0.3 is 19.7 Å². The van der Waals surface area contributed by atoms with E-state index in [1.807, 2.05) is 19.2 Å². The van der Waals surface area contributed by atoms with E-state index in [1.165, 1.54) is 5.69 Å². The first kappa shape index (κ1) is 26.4. The summed E-state index contributed by atoms with van der Waals surface area (Å²) < 4.78 is 1.79. The lowest BCUT2D eigenvalue weighted by atomic mass is 10.1. The van der Waals surface area contributed by atoms with Crippen LogP contribution in [0.5, 0.6) is 0 Å². The van der Waals surface area contributed by atoms with Crippen molar-refractivity contribution < 1.29 is 0 Å². The zero-order valence-corrected chi connectivity index (χ0v) is 23.3. The Bertz CT molecular complexity index is 1480. The molecule has 198 valence electrons. The molecule has 1 fully saturated rings. The van der Waals surface area contributed by atoms with Crippen LogP contribution in [0.15, 0.2) is 59.7 Å². The summed E-state index contributed by atoms with van der Waals surface area (Å²) in [5.41, 5.74) is 3.30. The summed E-state index contributed by atoms with van der Waals surface area (Å²) in [5.74, 6) is 0.415. The number of halogens is 2. The summed E-state index contributed by atoms with van der Waals surface area (Å²) in [5, 5.41) is 4.49. The highest BCUT2D eigenvalue weighted by Gasteiger charge is 2.18. The molecule has 2 aromatic carbocycles. The summed E-state index contributed by atoms with van der Waals surface area (Å²) in [4.78, 5) is 29.5. The van der Waals surface area contributed by atoms with Gasteiger partial charge in [-0.25, -0.2) is 4.98 Å². The minimum Gasteiger partial charge on any atom is -0.369 e. The molecule has 5 rings (SSSR count). The van der Waals surface area contributed by atoms with Crippen molar-refractivity contribution in [1.82, 2.24) is 24.3 Å². The van der Waals surface area contributed by atoms with Crippen molar-refractivity contribution in [3.05, 3.63) is 75.1 Å². The fraction of sp³-hybridized carbons (Fsp3) is 0.321. The van der Waals surface area contributed by atoms with Gasteiger partial charge in [-0.1, -0.05) is 29.3 Å². The summed E-state index contributed by atoms with van der Waals surface area (Å²) in [7, 11) is 6.07. The number of nitrogens with one attached hydrogen (secondary N) is 1. The Morgan fingerprint density at radius 1 is 1.00 bits per heavy atom. The third-order valence-electron chi connectivity index (χ3n) is 6.87. The largest absolute Gasteiger partial charge is 0.369 e. The highest BCUT2D eigenvalue weighted by Crippen LogP contribution is 2.33. The highest BCUT2D eigenvalue weighted by molar-refractivity contribution is 6.39. The number of aryl methyl sites for hydroxylation is 1. The molecule has 4 aromatic rings. The Balaban J connectivity index is 1.31. The number of aromatic nitrogens is 3. The number of pyridine rings is 1. The third-order valence-corrected chi connectivity index (χ3v) is 7.50. The molecule has 38 heavy (non-hydrogen) atoms. The first-order chi connectivity index (χ1) is 18.3. The van der Waals surface area contributed by atoms with Crippen LogP contribution in [0, 0.1) is 0 Å². The number of anilines is 3. The van der Waals surface area contributed by atoms with E-state index in [1.54, 1.807) is 35.2 Å². The molecule has 0 aliphatic carbocycles. The van der Waals surface area contributed by atoms with E-state index in [9.17, 15) is 4.79 Å². The Morgan fingerprint density at radius 3 is 2.34 bits per heavy atom. The maximum absolute atomic E-state index is 13.3. The molecule has 0 bridgehead atoms. The van der Waals surface area contributed by atoms with Crippen molar-refractivity contribution in [3.8, 4) is 11.1 Å². The Labute approximate surface area is 232 Å². The van der Waals surface area contributed by atoms with Crippen molar-refractivity contribution >= 4 is 51.6 Å². The van der Waals surface area contributed by atoms with Crippen molar-refractivity contribution in [3.63, 3.8) is 0 Å². The molecule has 0 radical (unpaired) electrons. The van der Waals surface area contributed by atoms with Crippen molar-refractivity contribution in [2.45, 2.75) is 0 Å². The van der Waals surface area contributed by atoms with Crippen molar-refractivity contribution in [2.75, 3.05) is 63.6 Å². The number of benzene rings is 2. The maximum atomic E-state index is 13.3. The second-order valence-corrected chi connectivity index (χ2v) is 10.6. The summed E-state index contributed by atoms with van der Waals surface area (Å²) in [6.45, 7) is 6.37. The number of fused-ring (bicyclic) bond motifs is 1. The number of piperazine rings is 1. The van der Waals surface area contributed by atoms with Crippen LogP contribution in [-0.4, -0.2) is 77.7 Å². The van der Waals surface area contributed by atoms with Gasteiger partial charge in [-0.3, -0.25) is 9.69 Å². The van der Waals surface area contributed by atoms with Crippen LogP contribution >= 0.6 is 23.2 Å². The molecule has 1 saturated heterocycles. The van der Waals surface area contributed by atoms with Crippen LogP contribution in [0.1, 0.15) is 0 Å². The van der Waals surface area contributed by atoms with E-state index in [4.69, 9.17) is 23.2 Å². The molecule has 10 heteroatoms. The average Bonchev–Trinajstić information content (AvgIpc) is 2.91. The van der Waals surface area contributed by atoms with E-state index in [-0.39, 0.29) is 5.43 Å². The van der Waals surface area contributed by atoms with Crippen LogP contribution < -0.4 is 15.6 Å². The lowest BCUT2D eigenvalue weighted by Gasteiger charge is -2.36. The lowest BCUT2D eigenvalue weighted by Crippen LogP contribution is -2.48. The molecule has 0 spiro atoms. The zero-order chi connectivity index (χ0) is 26.8. The minimum atomic E-state index is -0.217. The van der Waals surface area contributed by atoms with Gasteiger partial charge in [-0.05, 0) is 50.5 Å². The van der Waals surface area contributed by atoms with Crippen molar-refractivity contribution in [2.24, 2.45) is 7.05 Å². The fourth-order valence-electron chi connectivity index (χ4n) is 4.71. The third kappa shape index (κ3) is 5.63. The molecular formula is C28H31Cl2N7O. The van der Waals surface area contributed by atoms with Crippen LogP contribution in [0.25, 0.3) is 22.2 Å². The van der Waals surface area contributed by atoms with Gasteiger partial charge in [-0.15, -0.1) is 0 Å². The van der Waals surface area contributed by atoms with Gasteiger partial charge in [0.15, 0.2) is 0 Å². The molecule has 3 heterocycles. The van der Waals surface area contributed by atoms with Crippen LogP contribution in [0.4, 0.5) is 17.3 Å². The van der Waals surface area contributed by atoms with Crippen LogP contribution in [0.3, 0.4) is 0 Å². The monoisotopic (exact) mass is 551 g/mol. The molecule has 0 unspecified atom stereocenters. The number of rotatable bonds is 7. The molecule has 1 N–H and O–H groups in total. The van der Waals surface area contributed by atoms with Crippen LogP contribution in [-0.2, 0) is 7.05 Å². The zero-order valence-electron chi connectivity index (χ0n) is 21.8.